The highest BCUT2D eigenvalue weighted by Gasteiger charge is 2.38. The Morgan fingerprint density at radius 2 is 1.83 bits per heavy atom. The van der Waals surface area contributed by atoms with Crippen molar-refractivity contribution in [2.75, 3.05) is 20.3 Å². The Labute approximate surface area is 142 Å². The number of hydrogen-bond acceptors (Lipinski definition) is 7. The average Bonchev–Trinajstić information content (AvgIpc) is 2.78. The molecule has 23 heavy (non-hydrogen) atoms. The van der Waals surface area contributed by atoms with Crippen LogP contribution in [0.5, 0.6) is 0 Å². The Balaban J connectivity index is 2.54. The Bertz CT molecular complexity index is 476. The standard InChI is InChI=1S/C14H20BrNO7/c1-9(8-14(2,15)13(20)22-7-6-21-3)12(19)23-16-10(17)4-5-11(16)18/h9H,4-8H2,1-3H3. The number of imide groups is 1. The van der Waals surface area contributed by atoms with Gasteiger partial charge in [-0.05, 0) is 13.3 Å². The maximum absolute atomic E-state index is 12.0. The van der Waals surface area contributed by atoms with Gasteiger partial charge >= 0.3 is 11.9 Å². The number of carbonyl (C=O) groups is 4. The summed E-state index contributed by atoms with van der Waals surface area (Å²) in [5, 5.41) is 0.487. The second-order valence-corrected chi connectivity index (χ2v) is 7.17. The van der Waals surface area contributed by atoms with Crippen LogP contribution >= 0.6 is 15.9 Å². The number of hydrogen-bond donors (Lipinski definition) is 0. The van der Waals surface area contributed by atoms with Crippen molar-refractivity contribution < 1.29 is 33.5 Å². The van der Waals surface area contributed by atoms with E-state index in [0.717, 1.165) is 0 Å². The van der Waals surface area contributed by atoms with E-state index in [-0.39, 0.29) is 32.5 Å². The molecule has 0 bridgehead atoms. The Kier molecular flexibility index (Phi) is 7.14. The zero-order valence-electron chi connectivity index (χ0n) is 13.3. The van der Waals surface area contributed by atoms with Crippen molar-refractivity contribution in [3.8, 4) is 0 Å². The van der Waals surface area contributed by atoms with Gasteiger partial charge in [0.25, 0.3) is 11.8 Å². The zero-order chi connectivity index (χ0) is 17.6. The van der Waals surface area contributed by atoms with Crippen LogP contribution in [-0.4, -0.2) is 53.5 Å². The van der Waals surface area contributed by atoms with E-state index in [2.05, 4.69) is 15.9 Å². The van der Waals surface area contributed by atoms with Crippen molar-refractivity contribution in [3.63, 3.8) is 0 Å². The number of methoxy groups -OCH3 is 1. The normalized spacial score (nSPS) is 18.5. The molecule has 2 unspecified atom stereocenters. The minimum Gasteiger partial charge on any atom is -0.462 e. The molecular formula is C14H20BrNO7. The fraction of sp³-hybridized carbons (Fsp3) is 0.714. The second kappa shape index (κ2) is 8.39. The Hall–Kier alpha value is -1.48. The highest BCUT2D eigenvalue weighted by molar-refractivity contribution is 9.10. The quantitative estimate of drug-likeness (QED) is 0.262. The largest absolute Gasteiger partial charge is 0.462 e. The topological polar surface area (TPSA) is 99.2 Å². The summed E-state index contributed by atoms with van der Waals surface area (Å²) in [6, 6.07) is 0. The Morgan fingerprint density at radius 1 is 1.26 bits per heavy atom. The van der Waals surface area contributed by atoms with Crippen LogP contribution in [0, 0.1) is 5.92 Å². The molecule has 0 spiro atoms. The molecule has 1 aliphatic heterocycles. The number of esters is 1. The van der Waals surface area contributed by atoms with Crippen LogP contribution in [0.25, 0.3) is 0 Å². The molecule has 1 aliphatic rings. The zero-order valence-corrected chi connectivity index (χ0v) is 14.9. The predicted molar refractivity (Wildman–Crippen MR) is 81.1 cm³/mol. The summed E-state index contributed by atoms with van der Waals surface area (Å²) in [6.07, 6.45) is 0.138. The molecule has 9 heteroatoms. The number of alkyl halides is 1. The highest BCUT2D eigenvalue weighted by Crippen LogP contribution is 2.29. The highest BCUT2D eigenvalue weighted by atomic mass is 79.9. The molecule has 2 atom stereocenters. The number of rotatable bonds is 8. The predicted octanol–water partition coefficient (Wildman–Crippen LogP) is 0.963. The van der Waals surface area contributed by atoms with Gasteiger partial charge in [0.2, 0.25) is 0 Å². The fourth-order valence-electron chi connectivity index (χ4n) is 1.95. The first-order chi connectivity index (χ1) is 10.7. The SMILES string of the molecule is COCCOC(=O)C(C)(Br)CC(C)C(=O)ON1C(=O)CCC1=O. The summed E-state index contributed by atoms with van der Waals surface area (Å²) in [4.78, 5) is 51.6. The fourth-order valence-corrected chi connectivity index (χ4v) is 2.55. The van der Waals surface area contributed by atoms with E-state index in [1.807, 2.05) is 0 Å². The van der Waals surface area contributed by atoms with Crippen LogP contribution in [0.2, 0.25) is 0 Å². The Morgan fingerprint density at radius 3 is 2.35 bits per heavy atom. The van der Waals surface area contributed by atoms with E-state index in [1.54, 1.807) is 6.92 Å². The van der Waals surface area contributed by atoms with Gasteiger partial charge in [-0.1, -0.05) is 22.9 Å². The summed E-state index contributed by atoms with van der Waals surface area (Å²) < 4.78 is 8.70. The average molecular weight is 394 g/mol. The number of halogens is 1. The number of amides is 2. The van der Waals surface area contributed by atoms with E-state index < -0.39 is 34.0 Å². The van der Waals surface area contributed by atoms with Crippen molar-refractivity contribution in [2.45, 2.75) is 37.4 Å². The van der Waals surface area contributed by atoms with Gasteiger partial charge in [-0.15, -0.1) is 5.06 Å². The molecule has 0 N–H and O–H groups in total. The van der Waals surface area contributed by atoms with E-state index in [4.69, 9.17) is 14.3 Å². The minimum atomic E-state index is -1.10. The lowest BCUT2D eigenvalue weighted by molar-refractivity contribution is -0.200. The molecule has 8 nitrogen and oxygen atoms in total. The van der Waals surface area contributed by atoms with Gasteiger partial charge in [-0.2, -0.15) is 0 Å². The monoisotopic (exact) mass is 393 g/mol. The first-order valence-corrected chi connectivity index (χ1v) is 7.91. The summed E-state index contributed by atoms with van der Waals surface area (Å²) in [5.41, 5.74) is 0. The maximum atomic E-state index is 12.0. The lowest BCUT2D eigenvalue weighted by atomic mass is 9.97. The molecule has 2 amide bonds. The molecule has 0 aromatic heterocycles. The van der Waals surface area contributed by atoms with Crippen LogP contribution in [0.3, 0.4) is 0 Å². The van der Waals surface area contributed by atoms with Crippen LogP contribution in [0.15, 0.2) is 0 Å². The number of ether oxygens (including phenoxy) is 2. The number of nitrogens with zero attached hydrogens (tertiary/aromatic N) is 1. The van der Waals surface area contributed by atoms with Gasteiger partial charge in [-0.25, -0.2) is 4.79 Å². The van der Waals surface area contributed by atoms with Crippen LogP contribution < -0.4 is 0 Å². The molecule has 0 radical (unpaired) electrons. The lowest BCUT2D eigenvalue weighted by Crippen LogP contribution is -2.38. The molecule has 130 valence electrons. The van der Waals surface area contributed by atoms with Gasteiger partial charge in [0.05, 0.1) is 12.5 Å². The molecule has 0 saturated carbocycles. The van der Waals surface area contributed by atoms with Crippen LogP contribution in [-0.2, 0) is 33.5 Å². The molecule has 1 fully saturated rings. The molecule has 0 aromatic rings. The molecule has 1 saturated heterocycles. The van der Waals surface area contributed by atoms with Crippen molar-refractivity contribution in [3.05, 3.63) is 0 Å². The van der Waals surface area contributed by atoms with Gasteiger partial charge in [0.15, 0.2) is 0 Å². The van der Waals surface area contributed by atoms with Crippen LogP contribution in [0.1, 0.15) is 33.1 Å². The van der Waals surface area contributed by atoms with E-state index in [9.17, 15) is 19.2 Å². The summed E-state index contributed by atoms with van der Waals surface area (Å²) in [7, 11) is 1.49. The van der Waals surface area contributed by atoms with Crippen molar-refractivity contribution in [1.82, 2.24) is 5.06 Å². The number of hydroxylamine groups is 2. The first-order valence-electron chi connectivity index (χ1n) is 7.11. The van der Waals surface area contributed by atoms with Crippen molar-refractivity contribution in [1.29, 1.82) is 0 Å². The summed E-state index contributed by atoms with van der Waals surface area (Å²) in [5.74, 6) is -3.12. The molecule has 0 aliphatic carbocycles. The van der Waals surface area contributed by atoms with E-state index in [0.29, 0.717) is 5.06 Å². The summed E-state index contributed by atoms with van der Waals surface area (Å²) >= 11 is 3.23. The van der Waals surface area contributed by atoms with Gasteiger partial charge in [-0.3, -0.25) is 14.4 Å². The lowest BCUT2D eigenvalue weighted by Gasteiger charge is -2.24. The number of carbonyl (C=O) groups excluding carboxylic acids is 4. The van der Waals surface area contributed by atoms with Crippen LogP contribution in [0.4, 0.5) is 0 Å². The summed E-state index contributed by atoms with van der Waals surface area (Å²) in [6.45, 7) is 3.48. The second-order valence-electron chi connectivity index (χ2n) is 5.42. The van der Waals surface area contributed by atoms with E-state index >= 15 is 0 Å². The smallest absolute Gasteiger partial charge is 0.336 e. The van der Waals surface area contributed by atoms with Gasteiger partial charge in [0.1, 0.15) is 10.9 Å². The molecule has 0 aromatic carbocycles. The molecular weight excluding hydrogens is 374 g/mol. The minimum absolute atomic E-state index is 0.0302. The first kappa shape index (κ1) is 19.6. The van der Waals surface area contributed by atoms with E-state index in [1.165, 1.54) is 14.0 Å². The third-order valence-corrected chi connectivity index (χ3v) is 3.87. The van der Waals surface area contributed by atoms with Crippen molar-refractivity contribution >= 4 is 39.7 Å². The maximum Gasteiger partial charge on any atom is 0.336 e. The molecule has 1 rings (SSSR count). The third kappa shape index (κ3) is 5.58. The van der Waals surface area contributed by atoms with Gasteiger partial charge in [0, 0.05) is 20.0 Å². The molecule has 1 heterocycles. The van der Waals surface area contributed by atoms with Gasteiger partial charge < -0.3 is 14.3 Å². The third-order valence-electron chi connectivity index (χ3n) is 3.23. The van der Waals surface area contributed by atoms with Crippen molar-refractivity contribution in [2.24, 2.45) is 5.92 Å².